The van der Waals surface area contributed by atoms with Gasteiger partial charge in [0.25, 0.3) is 0 Å². The van der Waals surface area contributed by atoms with Crippen molar-refractivity contribution in [2.75, 3.05) is 0 Å². The van der Waals surface area contributed by atoms with Gasteiger partial charge in [0.2, 0.25) is 0 Å². The van der Waals surface area contributed by atoms with Gasteiger partial charge in [0.05, 0.1) is 11.4 Å². The average molecular weight is 929 g/mol. The van der Waals surface area contributed by atoms with E-state index in [4.69, 9.17) is 4.98 Å². The Hall–Kier alpha value is -3.49. The van der Waals surface area contributed by atoms with Crippen molar-refractivity contribution in [3.05, 3.63) is 113 Å². The molecule has 2 N–H and O–H groups in total. The quantitative estimate of drug-likeness (QED) is 0.163. The van der Waals surface area contributed by atoms with Crippen LogP contribution in [0.2, 0.25) is 0 Å². The zero-order chi connectivity index (χ0) is 43.6. The first kappa shape index (κ1) is 44.4. The van der Waals surface area contributed by atoms with Crippen molar-refractivity contribution in [2.24, 2.45) is 35.5 Å². The van der Waals surface area contributed by atoms with Crippen LogP contribution in [-0.2, 0) is 54.3 Å². The molecule has 0 spiro atoms. The van der Waals surface area contributed by atoms with Gasteiger partial charge in [-0.3, -0.25) is 0 Å². The van der Waals surface area contributed by atoms with Gasteiger partial charge >= 0.3 is 0 Å². The van der Waals surface area contributed by atoms with Crippen LogP contribution in [0.3, 0.4) is 0 Å². The monoisotopic (exact) mass is 927 g/mol. The summed E-state index contributed by atoms with van der Waals surface area (Å²) in [5.74, 6) is 5.71. The molecule has 8 aliphatic carbocycles. The molecule has 8 fully saturated rings. The molecule has 0 unspecified atom stereocenters. The topological polar surface area (TPSA) is 53.4 Å². The standard InChI is InChI=1S/C60H71NO2.Zr/c1-8-13-36-24-53(47-16-11-9-14-45(47)49-26-43(57(2,3)4)28-51(55(49)62)59-30-37-18-38(31-59)20-39(19-37)32-59)61-54(25-36)48-17-12-10-15-46(48)50-27-44(58(5,6)7)29-52(56(50)63)60-33-40-21-41(34-60)23-42(22-40)35-60;/h9-12,14-17,24-29,37-42,62-63H,8,13,18-23,30-35H2,1-7H3;. The van der Waals surface area contributed by atoms with Gasteiger partial charge in [-0.05, 0) is 193 Å². The van der Waals surface area contributed by atoms with Crippen molar-refractivity contribution in [1.82, 2.24) is 4.98 Å². The Morgan fingerprint density at radius 3 is 1.12 bits per heavy atom. The number of hydrogen-bond donors (Lipinski definition) is 2. The molecule has 4 heteroatoms. The van der Waals surface area contributed by atoms with Gasteiger partial charge in [-0.1, -0.05) is 116 Å². The maximum Gasteiger partial charge on any atom is 0.127 e. The Bertz CT molecular complexity index is 2360. The van der Waals surface area contributed by atoms with Crippen LogP contribution in [0.4, 0.5) is 0 Å². The fourth-order valence-electron chi connectivity index (χ4n) is 15.4. The number of hydrogen-bond acceptors (Lipinski definition) is 3. The van der Waals surface area contributed by atoms with Crippen LogP contribution in [0, 0.1) is 35.5 Å². The molecular weight excluding hydrogens is 858 g/mol. The second-order valence-corrected chi connectivity index (χ2v) is 24.3. The molecule has 0 saturated heterocycles. The van der Waals surface area contributed by atoms with Crippen molar-refractivity contribution in [3.63, 3.8) is 0 Å². The fourth-order valence-corrected chi connectivity index (χ4v) is 15.4. The van der Waals surface area contributed by atoms with E-state index in [0.717, 1.165) is 93.1 Å². The van der Waals surface area contributed by atoms with Gasteiger partial charge < -0.3 is 10.2 Å². The third-order valence-electron chi connectivity index (χ3n) is 17.6. The molecule has 0 atom stereocenters. The number of rotatable bonds is 8. The summed E-state index contributed by atoms with van der Waals surface area (Å²) in [7, 11) is 0. The Morgan fingerprint density at radius 2 is 0.812 bits per heavy atom. The zero-order valence-electron chi connectivity index (χ0n) is 39.8. The number of nitrogens with zero attached hydrogens (tertiary/aromatic N) is 1. The summed E-state index contributed by atoms with van der Waals surface area (Å²) in [6.07, 6.45) is 17.5. The fraction of sp³-hybridized carbons (Fsp3) is 0.517. The summed E-state index contributed by atoms with van der Waals surface area (Å²) >= 11 is 0. The van der Waals surface area contributed by atoms with Crippen LogP contribution < -0.4 is 0 Å². The number of aryl methyl sites for hydroxylation is 1. The first-order chi connectivity index (χ1) is 30.1. The van der Waals surface area contributed by atoms with Crippen molar-refractivity contribution >= 4 is 0 Å². The molecule has 64 heavy (non-hydrogen) atoms. The Kier molecular flexibility index (Phi) is 11.2. The number of aromatic hydroxyl groups is 2. The van der Waals surface area contributed by atoms with E-state index in [9.17, 15) is 10.2 Å². The summed E-state index contributed by atoms with van der Waals surface area (Å²) in [4.78, 5) is 5.62. The third kappa shape index (κ3) is 7.61. The third-order valence-corrected chi connectivity index (χ3v) is 17.6. The summed E-state index contributed by atoms with van der Waals surface area (Å²) in [6.45, 7) is 16.2. The molecular formula is C60H71NO2Zr. The largest absolute Gasteiger partial charge is 0.507 e. The predicted octanol–water partition coefficient (Wildman–Crippen LogP) is 15.6. The van der Waals surface area contributed by atoms with Crippen LogP contribution in [-0.4, -0.2) is 15.2 Å². The van der Waals surface area contributed by atoms with Crippen LogP contribution in [0.5, 0.6) is 11.5 Å². The molecule has 5 aromatic rings. The normalized spacial score (nSPS) is 29.0. The predicted molar refractivity (Wildman–Crippen MR) is 260 cm³/mol. The van der Waals surface area contributed by atoms with E-state index in [1.807, 2.05) is 0 Å². The first-order valence-electron chi connectivity index (χ1n) is 25.0. The molecule has 1 aromatic heterocycles. The van der Waals surface area contributed by atoms with Crippen LogP contribution in [0.25, 0.3) is 44.8 Å². The van der Waals surface area contributed by atoms with Crippen LogP contribution in [0.15, 0.2) is 84.9 Å². The molecule has 8 aliphatic rings. The maximum atomic E-state index is 12.7. The molecule has 8 saturated carbocycles. The van der Waals surface area contributed by atoms with Gasteiger partial charge in [0.15, 0.2) is 0 Å². The van der Waals surface area contributed by atoms with Crippen molar-refractivity contribution in [2.45, 2.75) is 160 Å². The van der Waals surface area contributed by atoms with E-state index in [2.05, 4.69) is 133 Å². The van der Waals surface area contributed by atoms with E-state index in [1.54, 1.807) is 0 Å². The number of pyridine rings is 1. The van der Waals surface area contributed by atoms with Crippen LogP contribution in [0.1, 0.15) is 160 Å². The molecule has 332 valence electrons. The Labute approximate surface area is 403 Å². The van der Waals surface area contributed by atoms with E-state index < -0.39 is 0 Å². The Balaban J connectivity index is 0.00000484. The van der Waals surface area contributed by atoms with Gasteiger partial charge in [0.1, 0.15) is 11.5 Å². The second-order valence-electron chi connectivity index (χ2n) is 24.3. The second kappa shape index (κ2) is 16.1. The number of benzene rings is 4. The summed E-state index contributed by atoms with van der Waals surface area (Å²) in [5, 5.41) is 25.5. The molecule has 4 aromatic carbocycles. The number of phenols is 2. The van der Waals surface area contributed by atoms with E-state index in [0.29, 0.717) is 11.5 Å². The van der Waals surface area contributed by atoms with E-state index >= 15 is 0 Å². The summed E-state index contributed by atoms with van der Waals surface area (Å²) in [5.41, 5.74) is 14.1. The van der Waals surface area contributed by atoms with Gasteiger partial charge in [-0.2, -0.15) is 0 Å². The molecule has 3 nitrogen and oxygen atoms in total. The maximum absolute atomic E-state index is 12.7. The average Bonchev–Trinajstić information content (AvgIpc) is 3.22. The minimum atomic E-state index is -0.0734. The van der Waals surface area contributed by atoms with Gasteiger partial charge in [-0.25, -0.2) is 4.98 Å². The molecule has 0 aliphatic heterocycles. The van der Waals surface area contributed by atoms with Crippen LogP contribution >= 0.6 is 0 Å². The van der Waals surface area contributed by atoms with Gasteiger partial charge in [0, 0.05) is 59.6 Å². The molecule has 0 radical (unpaired) electrons. The number of aromatic nitrogens is 1. The zero-order valence-corrected chi connectivity index (χ0v) is 42.2. The number of phenolic OH excluding ortho intramolecular Hbond substituents is 2. The van der Waals surface area contributed by atoms with Crippen molar-refractivity contribution in [1.29, 1.82) is 0 Å². The van der Waals surface area contributed by atoms with E-state index in [1.165, 1.54) is 105 Å². The Morgan fingerprint density at radius 1 is 0.484 bits per heavy atom. The summed E-state index contributed by atoms with van der Waals surface area (Å²) < 4.78 is 0. The molecule has 13 rings (SSSR count). The summed E-state index contributed by atoms with van der Waals surface area (Å²) in [6, 6.07) is 31.4. The SMILES string of the molecule is CCCc1cc(-c2ccccc2-c2cc(C(C)(C)C)cc(C34CC5CC(CC(C5)C3)C4)c2O)nc(-c2ccccc2-c2cc(C(C)(C)C)cc(C34CC5CC(CC(C5)C3)C4)c2O)c1.[Zr]. The minimum Gasteiger partial charge on any atom is -0.507 e. The van der Waals surface area contributed by atoms with Gasteiger partial charge in [-0.15, -0.1) is 0 Å². The van der Waals surface area contributed by atoms with Crippen molar-refractivity contribution in [3.8, 4) is 56.3 Å². The van der Waals surface area contributed by atoms with Crippen molar-refractivity contribution < 1.29 is 36.4 Å². The minimum absolute atomic E-state index is 0. The molecule has 8 bridgehead atoms. The van der Waals surface area contributed by atoms with E-state index in [-0.39, 0.29) is 47.9 Å². The first-order valence-corrected chi connectivity index (χ1v) is 25.0. The molecule has 0 amide bonds. The smallest absolute Gasteiger partial charge is 0.127 e. The molecule has 1 heterocycles.